The molecular formula is C9H12BFO5S. The van der Waals surface area contributed by atoms with Crippen molar-refractivity contribution in [2.45, 2.75) is 0 Å². The molecule has 0 radical (unpaired) electrons. The van der Waals surface area contributed by atoms with Gasteiger partial charge >= 0.3 is 7.12 Å². The Labute approximate surface area is 98.9 Å². The highest BCUT2D eigenvalue weighted by atomic mass is 32.2. The molecule has 0 aliphatic carbocycles. The van der Waals surface area contributed by atoms with E-state index >= 15 is 0 Å². The Morgan fingerprint density at radius 3 is 2.53 bits per heavy atom. The van der Waals surface area contributed by atoms with Crippen LogP contribution in [0.5, 0.6) is 5.75 Å². The lowest BCUT2D eigenvalue weighted by Gasteiger charge is -2.07. The molecule has 17 heavy (non-hydrogen) atoms. The van der Waals surface area contributed by atoms with E-state index in [1.54, 1.807) is 0 Å². The molecule has 8 heteroatoms. The van der Waals surface area contributed by atoms with Crippen LogP contribution in [0.15, 0.2) is 18.2 Å². The highest BCUT2D eigenvalue weighted by molar-refractivity contribution is 7.90. The summed E-state index contributed by atoms with van der Waals surface area (Å²) in [6.45, 7) is -0.122. The molecule has 0 saturated heterocycles. The molecule has 5 nitrogen and oxygen atoms in total. The largest absolute Gasteiger partial charge is 0.492 e. The van der Waals surface area contributed by atoms with Crippen molar-refractivity contribution in [3.8, 4) is 5.75 Å². The van der Waals surface area contributed by atoms with Crippen molar-refractivity contribution in [1.82, 2.24) is 0 Å². The molecule has 0 atom stereocenters. The van der Waals surface area contributed by atoms with Crippen LogP contribution in [-0.4, -0.2) is 44.2 Å². The van der Waals surface area contributed by atoms with Crippen LogP contribution in [0.4, 0.5) is 4.39 Å². The third kappa shape index (κ3) is 5.16. The number of hydrogen-bond acceptors (Lipinski definition) is 5. The quantitative estimate of drug-likeness (QED) is 0.660. The molecule has 0 spiro atoms. The normalized spacial score (nSPS) is 11.3. The average molecular weight is 262 g/mol. The van der Waals surface area contributed by atoms with E-state index in [1.165, 1.54) is 6.07 Å². The van der Waals surface area contributed by atoms with Crippen molar-refractivity contribution in [2.24, 2.45) is 0 Å². The standard InChI is InChI=1S/C9H12BFO5S/c1-17(14,15)3-2-16-9-5-7(10(12)13)4-8(11)6-9/h4-6,12-13H,2-3H2,1H3. The highest BCUT2D eigenvalue weighted by Gasteiger charge is 2.14. The van der Waals surface area contributed by atoms with Gasteiger partial charge < -0.3 is 14.8 Å². The van der Waals surface area contributed by atoms with E-state index in [0.717, 1.165) is 18.4 Å². The molecule has 0 unspecified atom stereocenters. The first-order valence-electron chi connectivity index (χ1n) is 4.75. The molecule has 0 aliphatic heterocycles. The van der Waals surface area contributed by atoms with E-state index in [0.29, 0.717) is 0 Å². The van der Waals surface area contributed by atoms with Gasteiger partial charge in [-0.05, 0) is 17.6 Å². The minimum atomic E-state index is -3.15. The Hall–Kier alpha value is -1.12. The van der Waals surface area contributed by atoms with Gasteiger partial charge in [-0.15, -0.1) is 0 Å². The molecule has 1 aromatic rings. The van der Waals surface area contributed by atoms with Crippen molar-refractivity contribution >= 4 is 22.4 Å². The molecule has 0 bridgehead atoms. The summed E-state index contributed by atoms with van der Waals surface area (Å²) in [7, 11) is -4.95. The fourth-order valence-corrected chi connectivity index (χ4v) is 1.51. The lowest BCUT2D eigenvalue weighted by molar-refractivity contribution is 0.339. The fourth-order valence-electron chi connectivity index (χ4n) is 1.13. The van der Waals surface area contributed by atoms with E-state index < -0.39 is 22.8 Å². The van der Waals surface area contributed by atoms with Crippen molar-refractivity contribution in [3.05, 3.63) is 24.0 Å². The number of benzene rings is 1. The van der Waals surface area contributed by atoms with Gasteiger partial charge in [0.05, 0.1) is 5.75 Å². The summed E-state index contributed by atoms with van der Waals surface area (Å²) in [5, 5.41) is 17.7. The third-order valence-corrected chi connectivity index (χ3v) is 2.82. The number of hydrogen-bond donors (Lipinski definition) is 2. The van der Waals surface area contributed by atoms with E-state index in [2.05, 4.69) is 0 Å². The Morgan fingerprint density at radius 1 is 1.35 bits per heavy atom. The summed E-state index contributed by atoms with van der Waals surface area (Å²) in [5.74, 6) is -0.831. The maximum Gasteiger partial charge on any atom is 0.488 e. The van der Waals surface area contributed by atoms with Gasteiger partial charge in [-0.1, -0.05) is 0 Å². The molecular weight excluding hydrogens is 250 g/mol. The molecule has 1 rings (SSSR count). The summed E-state index contributed by atoms with van der Waals surface area (Å²) < 4.78 is 39.7. The summed E-state index contributed by atoms with van der Waals surface area (Å²) in [5.41, 5.74) is -0.0562. The summed E-state index contributed by atoms with van der Waals surface area (Å²) in [4.78, 5) is 0. The fraction of sp³-hybridized carbons (Fsp3) is 0.333. The number of rotatable bonds is 5. The van der Waals surface area contributed by atoms with E-state index in [-0.39, 0.29) is 23.6 Å². The first kappa shape index (κ1) is 13.9. The zero-order chi connectivity index (χ0) is 13.1. The smallest absolute Gasteiger partial charge is 0.488 e. The molecule has 1 aromatic carbocycles. The van der Waals surface area contributed by atoms with Gasteiger partial charge in [0.1, 0.15) is 18.2 Å². The molecule has 0 amide bonds. The Bertz CT molecular complexity index is 488. The number of sulfone groups is 1. The summed E-state index contributed by atoms with van der Waals surface area (Å²) >= 11 is 0. The van der Waals surface area contributed by atoms with Crippen LogP contribution in [-0.2, 0) is 9.84 Å². The topological polar surface area (TPSA) is 83.8 Å². The van der Waals surface area contributed by atoms with Gasteiger partial charge in [-0.3, -0.25) is 0 Å². The molecule has 2 N–H and O–H groups in total. The molecule has 0 aromatic heterocycles. The first-order chi connectivity index (χ1) is 7.78. The third-order valence-electron chi connectivity index (χ3n) is 1.91. The Morgan fingerprint density at radius 2 is 2.00 bits per heavy atom. The molecule has 0 heterocycles. The van der Waals surface area contributed by atoms with Crippen molar-refractivity contribution in [3.63, 3.8) is 0 Å². The van der Waals surface area contributed by atoms with E-state index in [9.17, 15) is 12.8 Å². The second-order valence-corrected chi connectivity index (χ2v) is 5.83. The minimum Gasteiger partial charge on any atom is -0.492 e. The Kier molecular flexibility index (Phi) is 4.50. The summed E-state index contributed by atoms with van der Waals surface area (Å²) in [6.07, 6.45) is 1.06. The number of ether oxygens (including phenoxy) is 1. The lowest BCUT2D eigenvalue weighted by Crippen LogP contribution is -2.30. The minimum absolute atomic E-state index is 0.0525. The number of halogens is 1. The van der Waals surface area contributed by atoms with Crippen molar-refractivity contribution < 1.29 is 27.6 Å². The maximum absolute atomic E-state index is 13.0. The lowest BCUT2D eigenvalue weighted by atomic mass is 9.80. The van der Waals surface area contributed by atoms with Gasteiger partial charge in [0.15, 0.2) is 9.84 Å². The molecule has 0 aliphatic rings. The zero-order valence-corrected chi connectivity index (χ0v) is 9.95. The second kappa shape index (κ2) is 5.48. The van der Waals surface area contributed by atoms with E-state index in [1.807, 2.05) is 0 Å². The predicted molar refractivity (Wildman–Crippen MR) is 61.4 cm³/mol. The van der Waals surface area contributed by atoms with Gasteiger partial charge in [0.25, 0.3) is 0 Å². The highest BCUT2D eigenvalue weighted by Crippen LogP contribution is 2.11. The van der Waals surface area contributed by atoms with Gasteiger partial charge in [-0.2, -0.15) is 0 Å². The monoisotopic (exact) mass is 262 g/mol. The predicted octanol–water partition coefficient (Wildman–Crippen LogP) is -1.07. The summed E-state index contributed by atoms with van der Waals surface area (Å²) in [6, 6.07) is 3.22. The SMILES string of the molecule is CS(=O)(=O)CCOc1cc(F)cc(B(O)O)c1. The zero-order valence-electron chi connectivity index (χ0n) is 9.13. The van der Waals surface area contributed by atoms with Crippen molar-refractivity contribution in [2.75, 3.05) is 18.6 Å². The molecule has 94 valence electrons. The van der Waals surface area contributed by atoms with Crippen LogP contribution in [0.1, 0.15) is 0 Å². The van der Waals surface area contributed by atoms with E-state index in [4.69, 9.17) is 14.8 Å². The van der Waals surface area contributed by atoms with Crippen LogP contribution in [0, 0.1) is 5.82 Å². The van der Waals surface area contributed by atoms with Crippen LogP contribution in [0.3, 0.4) is 0 Å². The maximum atomic E-state index is 13.0. The molecule has 0 fully saturated rings. The van der Waals surface area contributed by atoms with Crippen LogP contribution >= 0.6 is 0 Å². The second-order valence-electron chi connectivity index (χ2n) is 3.57. The van der Waals surface area contributed by atoms with Gasteiger partial charge in [0.2, 0.25) is 0 Å². The van der Waals surface area contributed by atoms with Crippen molar-refractivity contribution in [1.29, 1.82) is 0 Å². The first-order valence-corrected chi connectivity index (χ1v) is 6.81. The van der Waals surface area contributed by atoms with Crippen LogP contribution < -0.4 is 10.2 Å². The van der Waals surface area contributed by atoms with Crippen LogP contribution in [0.25, 0.3) is 0 Å². The molecule has 0 saturated carbocycles. The Balaban J connectivity index is 2.71. The van der Waals surface area contributed by atoms with Gasteiger partial charge in [0, 0.05) is 12.3 Å². The van der Waals surface area contributed by atoms with Crippen LogP contribution in [0.2, 0.25) is 0 Å². The van der Waals surface area contributed by atoms with Gasteiger partial charge in [-0.25, -0.2) is 12.8 Å². The average Bonchev–Trinajstić information content (AvgIpc) is 2.14.